The number of anilines is 1. The van der Waals surface area contributed by atoms with E-state index in [1.165, 1.54) is 18.2 Å². The molecule has 0 radical (unpaired) electrons. The number of ether oxygens (including phenoxy) is 2. The van der Waals surface area contributed by atoms with E-state index in [1.54, 1.807) is 49.0 Å². The molecular weight excluding hydrogens is 470 g/mol. The molecule has 0 amide bonds. The van der Waals surface area contributed by atoms with Crippen molar-refractivity contribution in [2.45, 2.75) is 13.0 Å². The topological polar surface area (TPSA) is 101 Å². The Morgan fingerprint density at radius 3 is 2.54 bits per heavy atom. The van der Waals surface area contributed by atoms with Crippen molar-refractivity contribution in [3.8, 4) is 11.5 Å². The standard InChI is InChI=1S/C27H23FN4O4.Li/c1-35-20-11-10-18(23(13-20)36-2)14-29-27-31-24-21(4-3-5-22(24)28)25-30-19(15-32(25)27)12-16-6-8-17(9-7-16)26(33)34;/h3-11,13,15H,12,14H2,1-2H3,(H,29,31)(H,33,34);/q;+1/p-1. The summed E-state index contributed by atoms with van der Waals surface area (Å²) in [5, 5.41) is 14.9. The molecule has 0 unspecified atom stereocenters. The van der Waals surface area contributed by atoms with Crippen LogP contribution in [0.15, 0.2) is 66.9 Å². The van der Waals surface area contributed by atoms with E-state index in [4.69, 9.17) is 14.5 Å². The third-order valence-electron chi connectivity index (χ3n) is 5.94. The molecule has 0 aliphatic rings. The summed E-state index contributed by atoms with van der Waals surface area (Å²) in [6.07, 6.45) is 2.30. The van der Waals surface area contributed by atoms with E-state index >= 15 is 0 Å². The maximum atomic E-state index is 14.7. The van der Waals surface area contributed by atoms with Gasteiger partial charge >= 0.3 is 18.9 Å². The predicted octanol–water partition coefficient (Wildman–Crippen LogP) is 0.609. The predicted molar refractivity (Wildman–Crippen MR) is 131 cm³/mol. The van der Waals surface area contributed by atoms with Gasteiger partial charge in [0.25, 0.3) is 0 Å². The van der Waals surface area contributed by atoms with Crippen LogP contribution in [-0.2, 0) is 13.0 Å². The maximum absolute atomic E-state index is 14.7. The Morgan fingerprint density at radius 1 is 1.05 bits per heavy atom. The van der Waals surface area contributed by atoms with E-state index in [9.17, 15) is 14.3 Å². The van der Waals surface area contributed by atoms with Crippen LogP contribution in [0.25, 0.3) is 16.6 Å². The third kappa shape index (κ3) is 5.24. The molecule has 0 aliphatic heterocycles. The van der Waals surface area contributed by atoms with Gasteiger partial charge in [0.1, 0.15) is 28.5 Å². The van der Waals surface area contributed by atoms with Crippen LogP contribution < -0.4 is 38.8 Å². The van der Waals surface area contributed by atoms with Gasteiger partial charge in [-0.05, 0) is 35.4 Å². The largest absolute Gasteiger partial charge is 1.00 e. The quantitative estimate of drug-likeness (QED) is 0.317. The van der Waals surface area contributed by atoms with Crippen LogP contribution in [0.2, 0.25) is 0 Å². The van der Waals surface area contributed by atoms with Gasteiger partial charge in [0, 0.05) is 36.2 Å². The molecule has 0 saturated heterocycles. The van der Waals surface area contributed by atoms with Crippen molar-refractivity contribution in [2.24, 2.45) is 0 Å². The number of aromatic carboxylic acids is 1. The maximum Gasteiger partial charge on any atom is 1.00 e. The number of rotatable bonds is 8. The summed E-state index contributed by atoms with van der Waals surface area (Å²) in [5.74, 6) is 0.0826. The number of aromatic nitrogens is 3. The van der Waals surface area contributed by atoms with E-state index in [-0.39, 0.29) is 29.9 Å². The van der Waals surface area contributed by atoms with Crippen molar-refractivity contribution in [1.82, 2.24) is 14.4 Å². The zero-order chi connectivity index (χ0) is 25.2. The van der Waals surface area contributed by atoms with E-state index in [0.717, 1.165) is 16.8 Å². The molecule has 10 heteroatoms. The van der Waals surface area contributed by atoms with E-state index in [1.807, 2.05) is 18.3 Å². The summed E-state index contributed by atoms with van der Waals surface area (Å²) in [5.41, 5.74) is 3.36. The molecule has 3 aromatic carbocycles. The average molecular weight is 492 g/mol. The van der Waals surface area contributed by atoms with Crippen LogP contribution in [0.5, 0.6) is 11.5 Å². The molecule has 182 valence electrons. The van der Waals surface area contributed by atoms with Crippen LogP contribution in [0, 0.1) is 5.82 Å². The van der Waals surface area contributed by atoms with E-state index < -0.39 is 11.8 Å². The first-order valence-electron chi connectivity index (χ1n) is 11.2. The molecule has 5 aromatic rings. The van der Waals surface area contributed by atoms with Crippen molar-refractivity contribution in [3.63, 3.8) is 0 Å². The second-order valence-corrected chi connectivity index (χ2v) is 8.19. The number of methoxy groups -OCH3 is 2. The number of halogens is 1. The molecule has 1 N–H and O–H groups in total. The molecule has 37 heavy (non-hydrogen) atoms. The fourth-order valence-corrected chi connectivity index (χ4v) is 4.10. The Labute approximate surface area is 224 Å². The van der Waals surface area contributed by atoms with Crippen LogP contribution >= 0.6 is 0 Å². The number of para-hydroxylation sites is 1. The number of nitrogens with zero attached hydrogens (tertiary/aromatic N) is 3. The molecule has 5 rings (SSSR count). The molecule has 2 aromatic heterocycles. The first-order valence-corrected chi connectivity index (χ1v) is 11.2. The van der Waals surface area contributed by atoms with Crippen molar-refractivity contribution in [1.29, 1.82) is 0 Å². The Morgan fingerprint density at radius 2 is 1.84 bits per heavy atom. The fraction of sp³-hybridized carbons (Fsp3) is 0.148. The zero-order valence-corrected chi connectivity index (χ0v) is 20.6. The molecular formula is C27H22FLiN4O4. The molecule has 0 fully saturated rings. The molecule has 0 aliphatic carbocycles. The normalized spacial score (nSPS) is 10.8. The van der Waals surface area contributed by atoms with Gasteiger partial charge in [-0.1, -0.05) is 30.3 Å². The molecule has 8 nitrogen and oxygen atoms in total. The van der Waals surface area contributed by atoms with Gasteiger partial charge in [0.2, 0.25) is 5.95 Å². The Bertz CT molecular complexity index is 1590. The van der Waals surface area contributed by atoms with Crippen molar-refractivity contribution in [3.05, 3.63) is 95.1 Å². The number of carbonyl (C=O) groups excluding carboxylic acids is 1. The Hall–Kier alpha value is -4.06. The van der Waals surface area contributed by atoms with Gasteiger partial charge in [-0.15, -0.1) is 0 Å². The van der Waals surface area contributed by atoms with Gasteiger partial charge in [0.15, 0.2) is 0 Å². The number of fused-ring (bicyclic) bond motifs is 3. The van der Waals surface area contributed by atoms with Crippen molar-refractivity contribution < 1.29 is 42.6 Å². The number of carboxylic acid groups (broad SMARTS) is 1. The monoisotopic (exact) mass is 492 g/mol. The minimum atomic E-state index is -1.22. The summed E-state index contributed by atoms with van der Waals surface area (Å²) in [4.78, 5) is 20.3. The second kappa shape index (κ2) is 10.9. The average Bonchev–Trinajstić information content (AvgIpc) is 3.32. The summed E-state index contributed by atoms with van der Waals surface area (Å²) in [7, 11) is 3.17. The fourth-order valence-electron chi connectivity index (χ4n) is 4.10. The first-order chi connectivity index (χ1) is 17.5. The molecule has 0 saturated carbocycles. The SMILES string of the molecule is COc1ccc(CNc2nc3c(F)cccc3c3nc(Cc4ccc(C(=O)[O-])cc4)cn23)c(OC)c1.[Li+]. The summed E-state index contributed by atoms with van der Waals surface area (Å²) in [6.45, 7) is 0.368. The second-order valence-electron chi connectivity index (χ2n) is 8.19. The Balaban J connectivity index is 0.00000320. The van der Waals surface area contributed by atoms with Crippen LogP contribution in [0.3, 0.4) is 0 Å². The van der Waals surface area contributed by atoms with Gasteiger partial charge in [-0.25, -0.2) is 14.4 Å². The van der Waals surface area contributed by atoms with Crippen LogP contribution in [-0.4, -0.2) is 34.6 Å². The van der Waals surface area contributed by atoms with Crippen molar-refractivity contribution >= 4 is 28.5 Å². The minimum absolute atomic E-state index is 0. The van der Waals surface area contributed by atoms with Gasteiger partial charge < -0.3 is 24.7 Å². The number of hydrogen-bond acceptors (Lipinski definition) is 7. The first kappa shape index (κ1) is 26.0. The Kier molecular flexibility index (Phi) is 7.67. The van der Waals surface area contributed by atoms with Crippen LogP contribution in [0.1, 0.15) is 27.2 Å². The number of nitrogens with one attached hydrogen (secondary N) is 1. The zero-order valence-electron chi connectivity index (χ0n) is 20.6. The number of imidazole rings is 1. The smallest absolute Gasteiger partial charge is 0.545 e. The van der Waals surface area contributed by atoms with Crippen LogP contribution in [0.4, 0.5) is 10.3 Å². The number of benzene rings is 3. The van der Waals surface area contributed by atoms with E-state index in [2.05, 4.69) is 10.3 Å². The number of carboxylic acids is 1. The van der Waals surface area contributed by atoms with Gasteiger partial charge in [-0.2, -0.15) is 0 Å². The molecule has 0 bridgehead atoms. The minimum Gasteiger partial charge on any atom is -0.545 e. The number of carbonyl (C=O) groups is 1. The molecule has 0 spiro atoms. The van der Waals surface area contributed by atoms with Gasteiger partial charge in [-0.3, -0.25) is 4.40 Å². The van der Waals surface area contributed by atoms with E-state index in [0.29, 0.717) is 41.4 Å². The van der Waals surface area contributed by atoms with Crippen molar-refractivity contribution in [2.75, 3.05) is 19.5 Å². The summed E-state index contributed by atoms with van der Waals surface area (Å²) >= 11 is 0. The number of hydrogen-bond donors (Lipinski definition) is 1. The summed E-state index contributed by atoms with van der Waals surface area (Å²) < 4.78 is 27.2. The van der Waals surface area contributed by atoms with Gasteiger partial charge in [0.05, 0.1) is 25.9 Å². The molecule has 2 heterocycles. The third-order valence-corrected chi connectivity index (χ3v) is 5.94. The summed E-state index contributed by atoms with van der Waals surface area (Å²) in [6, 6.07) is 16.7. The molecule has 0 atom stereocenters.